The number of H-pyrrole nitrogens is 1. The van der Waals surface area contributed by atoms with Crippen LogP contribution in [0.15, 0.2) is 36.7 Å². The lowest BCUT2D eigenvalue weighted by Gasteiger charge is -2.08. The molecule has 164 valence electrons. The average Bonchev–Trinajstić information content (AvgIpc) is 3.39. The monoisotopic (exact) mass is 452 g/mol. The Bertz CT molecular complexity index is 1230. The van der Waals surface area contributed by atoms with Crippen LogP contribution in [0.5, 0.6) is 5.75 Å². The van der Waals surface area contributed by atoms with E-state index in [4.69, 9.17) is 4.18 Å². The largest absolute Gasteiger partial charge is 0.435 e. The Kier molecular flexibility index (Phi) is 5.56. The number of benzene rings is 1. The number of hydrogen-bond acceptors (Lipinski definition) is 5. The summed E-state index contributed by atoms with van der Waals surface area (Å²) in [5.74, 6) is 1.13. The van der Waals surface area contributed by atoms with E-state index in [0.717, 1.165) is 20.4 Å². The second-order valence-corrected chi connectivity index (χ2v) is 8.19. The van der Waals surface area contributed by atoms with Gasteiger partial charge in [-0.25, -0.2) is 13.9 Å². The van der Waals surface area contributed by atoms with Crippen LogP contribution in [0, 0.1) is 13.8 Å². The highest BCUT2D eigenvalue weighted by Crippen LogP contribution is 2.34. The van der Waals surface area contributed by atoms with Gasteiger partial charge in [-0.15, -0.1) is 5.10 Å². The summed E-state index contributed by atoms with van der Waals surface area (Å²) >= 11 is -1.55. The molecule has 31 heavy (non-hydrogen) atoms. The fourth-order valence-electron chi connectivity index (χ4n) is 3.07. The molecule has 0 aliphatic rings. The van der Waals surface area contributed by atoms with Crippen molar-refractivity contribution in [2.24, 2.45) is 0 Å². The zero-order chi connectivity index (χ0) is 22.2. The van der Waals surface area contributed by atoms with Crippen molar-refractivity contribution in [3.63, 3.8) is 0 Å². The number of aryl methyl sites for hydroxylation is 3. The van der Waals surface area contributed by atoms with Crippen LogP contribution in [0.1, 0.15) is 29.1 Å². The van der Waals surface area contributed by atoms with Gasteiger partial charge in [0.25, 0.3) is 0 Å². The number of rotatable bonds is 7. The summed E-state index contributed by atoms with van der Waals surface area (Å²) in [5, 5.41) is 10.2. The molecule has 0 saturated carbocycles. The van der Waals surface area contributed by atoms with Gasteiger partial charge in [0.05, 0.1) is 5.75 Å². The van der Waals surface area contributed by atoms with Crippen LogP contribution in [0.2, 0.25) is 0 Å². The average molecular weight is 452 g/mol. The molecular formula is C19H19F3N6O2S. The first-order chi connectivity index (χ1) is 14.7. The zero-order valence-electron chi connectivity index (χ0n) is 16.7. The lowest BCUT2D eigenvalue weighted by Crippen LogP contribution is -2.11. The summed E-state index contributed by atoms with van der Waals surface area (Å²) in [6.45, 7) is 3.79. The van der Waals surface area contributed by atoms with E-state index in [1.807, 2.05) is 32.0 Å². The van der Waals surface area contributed by atoms with Gasteiger partial charge in [0, 0.05) is 18.8 Å². The van der Waals surface area contributed by atoms with E-state index < -0.39 is 23.0 Å². The van der Waals surface area contributed by atoms with Crippen LogP contribution in [0.25, 0.3) is 11.3 Å². The quantitative estimate of drug-likeness (QED) is 0.463. The number of fused-ring (bicyclic) bond motifs is 1. The van der Waals surface area contributed by atoms with Crippen LogP contribution in [-0.2, 0) is 23.7 Å². The lowest BCUT2D eigenvalue weighted by atomic mass is 10.1. The highest BCUT2D eigenvalue weighted by molar-refractivity contribution is 7.80. The summed E-state index contributed by atoms with van der Waals surface area (Å²) in [6.07, 6.45) is -1.07. The number of nitrogens with zero attached hydrogens (tertiary/aromatic N) is 5. The first-order valence-corrected chi connectivity index (χ1v) is 10.7. The molecule has 1 aromatic carbocycles. The van der Waals surface area contributed by atoms with Crippen LogP contribution in [0.3, 0.4) is 0 Å². The molecule has 12 heteroatoms. The Morgan fingerprint density at radius 2 is 2.06 bits per heavy atom. The molecule has 0 fully saturated rings. The fraction of sp³-hybridized carbons (Fsp3) is 0.316. The molecule has 1 unspecified atom stereocenters. The molecular weight excluding hydrogens is 433 g/mol. The van der Waals surface area contributed by atoms with E-state index in [1.54, 1.807) is 0 Å². The van der Waals surface area contributed by atoms with Crippen molar-refractivity contribution >= 4 is 16.7 Å². The second kappa shape index (κ2) is 8.17. The summed E-state index contributed by atoms with van der Waals surface area (Å²) in [4.78, 5) is 4.23. The SMILES string of the molecule is Cc1ccc(C)c(OS(=O)CCCc2nc3c(-n4cccn4)c(C(F)(F)F)[nH]n3n2)c1. The van der Waals surface area contributed by atoms with Crippen molar-refractivity contribution < 1.29 is 21.6 Å². The molecule has 0 aliphatic carbocycles. The van der Waals surface area contributed by atoms with Gasteiger partial charge in [0.2, 0.25) is 16.7 Å². The Balaban J connectivity index is 1.46. The van der Waals surface area contributed by atoms with Crippen molar-refractivity contribution in [3.8, 4) is 11.4 Å². The van der Waals surface area contributed by atoms with Gasteiger partial charge in [-0.2, -0.15) is 22.9 Å². The Morgan fingerprint density at radius 3 is 2.77 bits per heavy atom. The zero-order valence-corrected chi connectivity index (χ0v) is 17.5. The van der Waals surface area contributed by atoms with E-state index in [9.17, 15) is 17.4 Å². The van der Waals surface area contributed by atoms with Gasteiger partial charge >= 0.3 is 6.18 Å². The third kappa shape index (κ3) is 4.48. The molecule has 0 saturated heterocycles. The summed E-state index contributed by atoms with van der Waals surface area (Å²) in [5.41, 5.74) is 0.689. The van der Waals surface area contributed by atoms with E-state index in [0.29, 0.717) is 24.4 Å². The van der Waals surface area contributed by atoms with Crippen molar-refractivity contribution in [2.45, 2.75) is 32.9 Å². The van der Waals surface area contributed by atoms with Gasteiger partial charge in [-0.3, -0.25) is 5.10 Å². The topological polar surface area (TPSA) is 90.1 Å². The first-order valence-electron chi connectivity index (χ1n) is 9.41. The van der Waals surface area contributed by atoms with Crippen molar-refractivity contribution in [2.75, 3.05) is 5.75 Å². The smallest absolute Gasteiger partial charge is 0.400 e. The molecule has 1 atom stereocenters. The summed E-state index contributed by atoms with van der Waals surface area (Å²) < 4.78 is 60.0. The number of aromatic amines is 1. The third-order valence-corrected chi connectivity index (χ3v) is 5.56. The third-order valence-electron chi connectivity index (χ3n) is 4.57. The highest BCUT2D eigenvalue weighted by Gasteiger charge is 2.39. The minimum absolute atomic E-state index is 0.0128. The van der Waals surface area contributed by atoms with Gasteiger partial charge < -0.3 is 4.18 Å². The number of hydrogen-bond donors (Lipinski definition) is 1. The van der Waals surface area contributed by atoms with Gasteiger partial charge in [-0.05, 0) is 43.5 Å². The molecule has 0 spiro atoms. The molecule has 8 nitrogen and oxygen atoms in total. The second-order valence-electron chi connectivity index (χ2n) is 7.01. The molecule has 3 aromatic heterocycles. The Hall–Kier alpha value is -3.15. The molecule has 0 amide bonds. The summed E-state index contributed by atoms with van der Waals surface area (Å²) in [7, 11) is 0. The normalized spacial score (nSPS) is 13.1. The van der Waals surface area contributed by atoms with Gasteiger partial charge in [0.1, 0.15) is 11.4 Å². The predicted octanol–water partition coefficient (Wildman–Crippen LogP) is 3.55. The number of alkyl halides is 3. The number of aromatic nitrogens is 6. The van der Waals surface area contributed by atoms with E-state index >= 15 is 0 Å². The maximum absolute atomic E-state index is 13.4. The minimum atomic E-state index is -4.62. The molecule has 0 radical (unpaired) electrons. The Morgan fingerprint density at radius 1 is 1.26 bits per heavy atom. The molecule has 0 bridgehead atoms. The van der Waals surface area contributed by atoms with Crippen LogP contribution in [0.4, 0.5) is 13.2 Å². The van der Waals surface area contributed by atoms with Crippen LogP contribution in [-0.4, -0.2) is 39.6 Å². The van der Waals surface area contributed by atoms with Crippen molar-refractivity contribution in [3.05, 3.63) is 59.3 Å². The van der Waals surface area contributed by atoms with Crippen molar-refractivity contribution in [1.82, 2.24) is 29.6 Å². The van der Waals surface area contributed by atoms with Gasteiger partial charge in [-0.1, -0.05) is 12.1 Å². The predicted molar refractivity (Wildman–Crippen MR) is 107 cm³/mol. The summed E-state index contributed by atoms with van der Waals surface area (Å²) in [6, 6.07) is 7.18. The van der Waals surface area contributed by atoms with Gasteiger partial charge in [0.15, 0.2) is 11.5 Å². The maximum Gasteiger partial charge on any atom is 0.435 e. The molecule has 4 aromatic rings. The molecule has 0 aliphatic heterocycles. The number of nitrogens with one attached hydrogen (secondary N) is 1. The lowest BCUT2D eigenvalue weighted by molar-refractivity contribution is -0.141. The minimum Gasteiger partial charge on any atom is -0.400 e. The fourth-order valence-corrected chi connectivity index (χ4v) is 3.91. The van der Waals surface area contributed by atoms with Crippen LogP contribution < -0.4 is 4.18 Å². The molecule has 3 heterocycles. The molecule has 4 rings (SSSR count). The van der Waals surface area contributed by atoms with E-state index in [1.165, 1.54) is 18.5 Å². The maximum atomic E-state index is 13.4. The molecule has 1 N–H and O–H groups in total. The highest BCUT2D eigenvalue weighted by atomic mass is 32.2. The number of halogens is 3. The van der Waals surface area contributed by atoms with E-state index in [2.05, 4.69) is 20.3 Å². The van der Waals surface area contributed by atoms with E-state index in [-0.39, 0.29) is 17.1 Å². The van der Waals surface area contributed by atoms with Crippen LogP contribution >= 0.6 is 0 Å². The first kappa shape index (κ1) is 21.1. The van der Waals surface area contributed by atoms with Crippen molar-refractivity contribution in [1.29, 1.82) is 0 Å². The standard InChI is InChI=1S/C19H19F3N6O2S/c1-12-6-7-13(2)14(11-12)30-31(29)10-3-5-15-24-18-16(27-9-4-8-23-27)17(19(20,21)22)26-28(18)25-15/h4,6-9,11,26H,3,5,10H2,1-2H3. The Labute approximate surface area is 177 Å².